The van der Waals surface area contributed by atoms with E-state index in [0.717, 1.165) is 32.5 Å². The molecule has 3 fully saturated rings. The van der Waals surface area contributed by atoms with Crippen molar-refractivity contribution in [3.63, 3.8) is 0 Å². The lowest BCUT2D eigenvalue weighted by molar-refractivity contribution is -0.0399. The van der Waals surface area contributed by atoms with Gasteiger partial charge in [-0.15, -0.1) is 23.7 Å². The van der Waals surface area contributed by atoms with Gasteiger partial charge in [-0.1, -0.05) is 0 Å². The SMILES string of the molecule is Cl.O=C(NC1CCC(F)(F)CC1)c1csc([C@@H]2C[C@H]2NC2CCOCC2)c1. The van der Waals surface area contributed by atoms with Crippen molar-refractivity contribution in [2.45, 2.75) is 74.9 Å². The number of thiophene rings is 1. The lowest BCUT2D eigenvalue weighted by Gasteiger charge is -2.28. The van der Waals surface area contributed by atoms with Gasteiger partial charge in [-0.3, -0.25) is 4.79 Å². The van der Waals surface area contributed by atoms with Crippen LogP contribution in [0.3, 0.4) is 0 Å². The Bertz CT molecular complexity index is 641. The molecule has 0 unspecified atom stereocenters. The topological polar surface area (TPSA) is 50.4 Å². The Morgan fingerprint density at radius 2 is 1.85 bits per heavy atom. The Balaban J connectivity index is 0.00000210. The fourth-order valence-electron chi connectivity index (χ4n) is 3.98. The van der Waals surface area contributed by atoms with Crippen LogP contribution in [0.2, 0.25) is 0 Å². The van der Waals surface area contributed by atoms with Crippen molar-refractivity contribution in [3.8, 4) is 0 Å². The molecule has 0 radical (unpaired) electrons. The van der Waals surface area contributed by atoms with Crippen molar-refractivity contribution in [1.29, 1.82) is 0 Å². The van der Waals surface area contributed by atoms with Gasteiger partial charge in [-0.25, -0.2) is 8.78 Å². The Kier molecular flexibility index (Phi) is 6.77. The third-order valence-corrected chi connectivity index (χ3v) is 6.83. The van der Waals surface area contributed by atoms with Gasteiger partial charge >= 0.3 is 0 Å². The maximum Gasteiger partial charge on any atom is 0.252 e. The second kappa shape index (κ2) is 8.72. The van der Waals surface area contributed by atoms with E-state index in [1.807, 2.05) is 11.4 Å². The minimum Gasteiger partial charge on any atom is -0.381 e. The second-order valence-corrected chi connectivity index (χ2v) is 8.79. The van der Waals surface area contributed by atoms with Crippen LogP contribution in [0, 0.1) is 0 Å². The van der Waals surface area contributed by atoms with E-state index in [1.165, 1.54) is 4.88 Å². The van der Waals surface area contributed by atoms with Crippen molar-refractivity contribution >= 4 is 29.7 Å². The van der Waals surface area contributed by atoms with E-state index in [1.54, 1.807) is 11.3 Å². The molecule has 3 aliphatic rings. The first-order valence-corrected chi connectivity index (χ1v) is 10.5. The molecular weight excluding hydrogens is 394 g/mol. The fraction of sp³-hybridized carbons (Fsp3) is 0.737. The van der Waals surface area contributed by atoms with Gasteiger partial charge < -0.3 is 15.4 Å². The zero-order valence-corrected chi connectivity index (χ0v) is 16.8. The minimum atomic E-state index is -2.56. The third kappa shape index (κ3) is 5.40. The molecule has 4 nitrogen and oxygen atoms in total. The summed E-state index contributed by atoms with van der Waals surface area (Å²) in [5.74, 6) is -2.19. The molecule has 1 aromatic heterocycles. The number of alkyl halides is 2. The molecule has 4 rings (SSSR count). The summed E-state index contributed by atoms with van der Waals surface area (Å²) in [5.41, 5.74) is 0.666. The molecule has 0 aromatic carbocycles. The monoisotopic (exact) mass is 420 g/mol. The molecular formula is C19H27ClF2N2O2S. The number of hydrogen-bond donors (Lipinski definition) is 2. The van der Waals surface area contributed by atoms with E-state index < -0.39 is 5.92 Å². The summed E-state index contributed by atoms with van der Waals surface area (Å²) < 4.78 is 31.8. The first-order chi connectivity index (χ1) is 12.5. The number of carbonyl (C=O) groups is 1. The van der Waals surface area contributed by atoms with Gasteiger partial charge in [0.1, 0.15) is 0 Å². The average Bonchev–Trinajstić information content (AvgIpc) is 3.20. The smallest absolute Gasteiger partial charge is 0.252 e. The quantitative estimate of drug-likeness (QED) is 0.753. The normalized spacial score (nSPS) is 28.4. The highest BCUT2D eigenvalue weighted by atomic mass is 35.5. The zero-order valence-electron chi connectivity index (χ0n) is 15.2. The first-order valence-electron chi connectivity index (χ1n) is 9.61. The van der Waals surface area contributed by atoms with Gasteiger partial charge in [0.15, 0.2) is 0 Å². The van der Waals surface area contributed by atoms with Crippen LogP contribution in [0.25, 0.3) is 0 Å². The molecule has 1 amide bonds. The predicted molar refractivity (Wildman–Crippen MR) is 104 cm³/mol. The molecule has 0 spiro atoms. The van der Waals surface area contributed by atoms with Crippen LogP contribution < -0.4 is 10.6 Å². The van der Waals surface area contributed by atoms with E-state index in [0.29, 0.717) is 36.4 Å². The van der Waals surface area contributed by atoms with E-state index >= 15 is 0 Å². The van der Waals surface area contributed by atoms with Gasteiger partial charge in [-0.2, -0.15) is 0 Å². The van der Waals surface area contributed by atoms with Crippen LogP contribution in [0.5, 0.6) is 0 Å². The molecule has 1 aliphatic heterocycles. The number of amides is 1. The minimum absolute atomic E-state index is 0. The van der Waals surface area contributed by atoms with E-state index in [2.05, 4.69) is 10.6 Å². The predicted octanol–water partition coefficient (Wildman–Crippen LogP) is 4.10. The molecule has 1 aromatic rings. The van der Waals surface area contributed by atoms with Crippen molar-refractivity contribution in [3.05, 3.63) is 21.9 Å². The van der Waals surface area contributed by atoms with E-state index in [-0.39, 0.29) is 37.2 Å². The van der Waals surface area contributed by atoms with E-state index in [9.17, 15) is 13.6 Å². The lowest BCUT2D eigenvalue weighted by atomic mass is 9.92. The molecule has 1 saturated heterocycles. The Hall–Kier alpha value is -0.760. The van der Waals surface area contributed by atoms with Crippen LogP contribution in [0.1, 0.15) is 66.1 Å². The summed E-state index contributed by atoms with van der Waals surface area (Å²) in [6, 6.07) is 2.90. The van der Waals surface area contributed by atoms with Crippen molar-refractivity contribution in [2.75, 3.05) is 13.2 Å². The highest BCUT2D eigenvalue weighted by Gasteiger charge is 2.41. The molecule has 2 heterocycles. The molecule has 2 aliphatic carbocycles. The van der Waals surface area contributed by atoms with Crippen LogP contribution in [-0.4, -0.2) is 43.2 Å². The Morgan fingerprint density at radius 1 is 1.15 bits per heavy atom. The van der Waals surface area contributed by atoms with Gasteiger partial charge in [0.2, 0.25) is 5.92 Å². The Morgan fingerprint density at radius 3 is 2.56 bits per heavy atom. The van der Waals surface area contributed by atoms with Gasteiger partial charge in [0.05, 0.1) is 5.56 Å². The Labute approximate surface area is 168 Å². The number of rotatable bonds is 5. The van der Waals surface area contributed by atoms with Crippen LogP contribution in [-0.2, 0) is 4.74 Å². The maximum absolute atomic E-state index is 13.2. The van der Waals surface area contributed by atoms with Gasteiger partial charge in [0.25, 0.3) is 5.91 Å². The summed E-state index contributed by atoms with van der Waals surface area (Å²) in [7, 11) is 0. The van der Waals surface area contributed by atoms with Gasteiger partial charge in [-0.05, 0) is 38.2 Å². The van der Waals surface area contributed by atoms with Crippen molar-refractivity contribution in [1.82, 2.24) is 10.6 Å². The van der Waals surface area contributed by atoms with Crippen LogP contribution in [0.4, 0.5) is 8.78 Å². The molecule has 0 bridgehead atoms. The van der Waals surface area contributed by atoms with Gasteiger partial charge in [0, 0.05) is 60.4 Å². The van der Waals surface area contributed by atoms with Crippen molar-refractivity contribution in [2.24, 2.45) is 0 Å². The fourth-order valence-corrected chi connectivity index (χ4v) is 5.05. The molecule has 2 N–H and O–H groups in total. The standard InChI is InChI=1S/C19H26F2N2O2S.ClH/c20-19(21)5-1-13(2-6-19)23-18(24)12-9-17(26-11-12)15-10-16(15)22-14-3-7-25-8-4-14;/h9,11,13-16,22H,1-8,10H2,(H,23,24);1H/t15-,16-;/m1./s1. The number of halogens is 3. The number of carbonyl (C=O) groups excluding carboxylic acids is 1. The third-order valence-electron chi connectivity index (χ3n) is 5.76. The van der Waals surface area contributed by atoms with Crippen LogP contribution in [0.15, 0.2) is 11.4 Å². The molecule has 152 valence electrons. The van der Waals surface area contributed by atoms with Crippen molar-refractivity contribution < 1.29 is 18.3 Å². The largest absolute Gasteiger partial charge is 0.381 e. The van der Waals surface area contributed by atoms with Crippen LogP contribution >= 0.6 is 23.7 Å². The highest BCUT2D eigenvalue weighted by molar-refractivity contribution is 7.10. The lowest BCUT2D eigenvalue weighted by Crippen LogP contribution is -2.40. The zero-order chi connectivity index (χ0) is 18.1. The average molecular weight is 421 g/mol. The summed E-state index contributed by atoms with van der Waals surface area (Å²) in [5, 5.41) is 8.53. The molecule has 27 heavy (non-hydrogen) atoms. The number of nitrogens with one attached hydrogen (secondary N) is 2. The highest BCUT2D eigenvalue weighted by Crippen LogP contribution is 2.44. The molecule has 2 saturated carbocycles. The number of hydrogen-bond acceptors (Lipinski definition) is 4. The van der Waals surface area contributed by atoms with E-state index in [4.69, 9.17) is 4.74 Å². The summed E-state index contributed by atoms with van der Waals surface area (Å²) >= 11 is 1.63. The summed E-state index contributed by atoms with van der Waals surface area (Å²) in [6.07, 6.45) is 3.72. The maximum atomic E-state index is 13.2. The summed E-state index contributed by atoms with van der Waals surface area (Å²) in [4.78, 5) is 13.7. The number of ether oxygens (including phenoxy) is 1. The second-order valence-electron chi connectivity index (χ2n) is 7.84. The molecule has 8 heteroatoms. The summed E-state index contributed by atoms with van der Waals surface area (Å²) in [6.45, 7) is 1.68. The first kappa shape index (κ1) is 21.0. The molecule has 2 atom stereocenters.